The van der Waals surface area contributed by atoms with Gasteiger partial charge in [0.05, 0.1) is 0 Å². The summed E-state index contributed by atoms with van der Waals surface area (Å²) in [5.74, 6) is 1.78. The summed E-state index contributed by atoms with van der Waals surface area (Å²) in [5.41, 5.74) is 5.63. The molecule has 1 rings (SSSR count). The van der Waals surface area contributed by atoms with E-state index >= 15 is 0 Å². The molecule has 1 atom stereocenters. The lowest BCUT2D eigenvalue weighted by molar-refractivity contribution is 0.439. The zero-order valence-corrected chi connectivity index (χ0v) is 8.59. The first-order chi connectivity index (χ1) is 6.16. The van der Waals surface area contributed by atoms with E-state index in [0.29, 0.717) is 6.54 Å². The number of aromatic amines is 1. The van der Waals surface area contributed by atoms with Crippen molar-refractivity contribution in [3.05, 3.63) is 11.6 Å². The van der Waals surface area contributed by atoms with E-state index in [1.807, 2.05) is 0 Å². The fourth-order valence-corrected chi connectivity index (χ4v) is 1.12. The number of nitrogens with one attached hydrogen (secondary N) is 1. The molecule has 13 heavy (non-hydrogen) atoms. The summed E-state index contributed by atoms with van der Waals surface area (Å²) in [7, 11) is 0. The van der Waals surface area contributed by atoms with Crippen LogP contribution in [0.1, 0.15) is 38.8 Å². The van der Waals surface area contributed by atoms with Crippen molar-refractivity contribution >= 4 is 0 Å². The number of aryl methyl sites for hydroxylation is 1. The SMILES string of the molecule is CCc1nc(C(C)(CC)CN)n[nH]1. The molecule has 0 saturated carbocycles. The molecule has 0 radical (unpaired) electrons. The molecule has 0 saturated heterocycles. The molecule has 4 heteroatoms. The summed E-state index contributed by atoms with van der Waals surface area (Å²) >= 11 is 0. The molecule has 0 bridgehead atoms. The first-order valence-corrected chi connectivity index (χ1v) is 4.78. The van der Waals surface area contributed by atoms with Crippen LogP contribution >= 0.6 is 0 Å². The van der Waals surface area contributed by atoms with Crippen molar-refractivity contribution in [2.24, 2.45) is 5.73 Å². The molecule has 3 N–H and O–H groups in total. The van der Waals surface area contributed by atoms with Crippen molar-refractivity contribution in [2.45, 2.75) is 39.0 Å². The number of H-pyrrole nitrogens is 1. The molecule has 0 aliphatic heterocycles. The summed E-state index contributed by atoms with van der Waals surface area (Å²) in [6.07, 6.45) is 1.85. The Morgan fingerprint density at radius 3 is 2.54 bits per heavy atom. The van der Waals surface area contributed by atoms with E-state index in [4.69, 9.17) is 5.73 Å². The summed E-state index contributed by atoms with van der Waals surface area (Å²) in [5, 5.41) is 7.10. The van der Waals surface area contributed by atoms with Crippen LogP contribution in [0.15, 0.2) is 0 Å². The van der Waals surface area contributed by atoms with Crippen LogP contribution in [-0.2, 0) is 11.8 Å². The average molecular weight is 182 g/mol. The summed E-state index contributed by atoms with van der Waals surface area (Å²) in [6, 6.07) is 0. The molecule has 1 unspecified atom stereocenters. The normalized spacial score (nSPS) is 15.7. The lowest BCUT2D eigenvalue weighted by Crippen LogP contribution is -2.32. The van der Waals surface area contributed by atoms with Crippen molar-refractivity contribution in [1.29, 1.82) is 0 Å². The summed E-state index contributed by atoms with van der Waals surface area (Å²) in [6.45, 7) is 6.84. The van der Waals surface area contributed by atoms with Gasteiger partial charge in [0, 0.05) is 18.4 Å². The number of hydrogen-bond acceptors (Lipinski definition) is 3. The van der Waals surface area contributed by atoms with Gasteiger partial charge in [-0.05, 0) is 6.42 Å². The minimum Gasteiger partial charge on any atom is -0.329 e. The Hall–Kier alpha value is -0.900. The van der Waals surface area contributed by atoms with E-state index in [1.165, 1.54) is 0 Å². The van der Waals surface area contributed by atoms with E-state index in [9.17, 15) is 0 Å². The van der Waals surface area contributed by atoms with Gasteiger partial charge in [-0.2, -0.15) is 5.10 Å². The van der Waals surface area contributed by atoms with Crippen molar-refractivity contribution in [3.8, 4) is 0 Å². The van der Waals surface area contributed by atoms with Crippen molar-refractivity contribution in [2.75, 3.05) is 6.54 Å². The zero-order valence-electron chi connectivity index (χ0n) is 8.59. The molecule has 0 aliphatic carbocycles. The van der Waals surface area contributed by atoms with E-state index in [0.717, 1.165) is 24.5 Å². The third-order valence-electron chi connectivity index (χ3n) is 2.64. The van der Waals surface area contributed by atoms with Gasteiger partial charge in [0.15, 0.2) is 5.82 Å². The molecule has 0 aliphatic rings. The Morgan fingerprint density at radius 2 is 2.15 bits per heavy atom. The Kier molecular flexibility index (Phi) is 3.03. The van der Waals surface area contributed by atoms with Gasteiger partial charge in [0.25, 0.3) is 0 Å². The number of aromatic nitrogens is 3. The second-order valence-electron chi connectivity index (χ2n) is 3.58. The molecule has 0 spiro atoms. The Balaban J connectivity index is 2.91. The molecule has 1 aromatic rings. The second kappa shape index (κ2) is 3.87. The van der Waals surface area contributed by atoms with Gasteiger partial charge in [-0.3, -0.25) is 5.10 Å². The summed E-state index contributed by atoms with van der Waals surface area (Å²) in [4.78, 5) is 4.40. The standard InChI is InChI=1S/C9H18N4/c1-4-7-11-8(13-12-7)9(3,5-2)6-10/h4-6,10H2,1-3H3,(H,11,12,13). The third-order valence-corrected chi connectivity index (χ3v) is 2.64. The van der Waals surface area contributed by atoms with Crippen LogP contribution in [0.4, 0.5) is 0 Å². The molecular formula is C9H18N4. The van der Waals surface area contributed by atoms with Crippen LogP contribution in [0, 0.1) is 0 Å². The molecule has 0 aromatic carbocycles. The quantitative estimate of drug-likeness (QED) is 0.729. The third kappa shape index (κ3) is 1.88. The number of nitrogens with zero attached hydrogens (tertiary/aromatic N) is 2. The number of nitrogens with two attached hydrogens (primary N) is 1. The Bertz CT molecular complexity index is 262. The molecule has 74 valence electrons. The lowest BCUT2D eigenvalue weighted by atomic mass is 9.87. The van der Waals surface area contributed by atoms with Crippen LogP contribution in [0.25, 0.3) is 0 Å². The van der Waals surface area contributed by atoms with E-state index in [-0.39, 0.29) is 5.41 Å². The van der Waals surface area contributed by atoms with Gasteiger partial charge in [0.1, 0.15) is 5.82 Å². The molecule has 0 amide bonds. The van der Waals surface area contributed by atoms with Crippen molar-refractivity contribution in [3.63, 3.8) is 0 Å². The monoisotopic (exact) mass is 182 g/mol. The predicted octanol–water partition coefficient (Wildman–Crippen LogP) is 0.993. The predicted molar refractivity (Wildman–Crippen MR) is 52.5 cm³/mol. The topological polar surface area (TPSA) is 67.6 Å². The first kappa shape index (κ1) is 10.2. The maximum atomic E-state index is 5.71. The second-order valence-corrected chi connectivity index (χ2v) is 3.58. The van der Waals surface area contributed by atoms with Gasteiger partial charge >= 0.3 is 0 Å². The molecular weight excluding hydrogens is 164 g/mol. The molecule has 4 nitrogen and oxygen atoms in total. The maximum Gasteiger partial charge on any atom is 0.157 e. The van der Waals surface area contributed by atoms with Crippen LogP contribution in [0.3, 0.4) is 0 Å². The van der Waals surface area contributed by atoms with E-state index < -0.39 is 0 Å². The zero-order chi connectivity index (χ0) is 9.90. The number of rotatable bonds is 4. The highest BCUT2D eigenvalue weighted by molar-refractivity contribution is 5.06. The summed E-state index contributed by atoms with van der Waals surface area (Å²) < 4.78 is 0. The number of hydrogen-bond donors (Lipinski definition) is 2. The molecule has 1 aromatic heterocycles. The van der Waals surface area contributed by atoms with E-state index in [1.54, 1.807) is 0 Å². The maximum absolute atomic E-state index is 5.71. The van der Waals surface area contributed by atoms with Gasteiger partial charge in [-0.1, -0.05) is 20.8 Å². The van der Waals surface area contributed by atoms with Gasteiger partial charge in [0.2, 0.25) is 0 Å². The fourth-order valence-electron chi connectivity index (χ4n) is 1.12. The molecule has 1 heterocycles. The smallest absolute Gasteiger partial charge is 0.157 e. The van der Waals surface area contributed by atoms with Crippen LogP contribution < -0.4 is 5.73 Å². The van der Waals surface area contributed by atoms with Gasteiger partial charge < -0.3 is 5.73 Å². The van der Waals surface area contributed by atoms with Crippen LogP contribution in [-0.4, -0.2) is 21.7 Å². The van der Waals surface area contributed by atoms with Crippen LogP contribution in [0.2, 0.25) is 0 Å². The average Bonchev–Trinajstić information content (AvgIpc) is 2.65. The minimum absolute atomic E-state index is 0.0794. The highest BCUT2D eigenvalue weighted by atomic mass is 15.2. The van der Waals surface area contributed by atoms with Crippen molar-refractivity contribution < 1.29 is 0 Å². The van der Waals surface area contributed by atoms with Gasteiger partial charge in [-0.25, -0.2) is 4.98 Å². The van der Waals surface area contributed by atoms with E-state index in [2.05, 4.69) is 36.0 Å². The highest BCUT2D eigenvalue weighted by Gasteiger charge is 2.27. The molecule has 0 fully saturated rings. The first-order valence-electron chi connectivity index (χ1n) is 4.78. The highest BCUT2D eigenvalue weighted by Crippen LogP contribution is 2.22. The fraction of sp³-hybridized carbons (Fsp3) is 0.778. The van der Waals surface area contributed by atoms with Crippen LogP contribution in [0.5, 0.6) is 0 Å². The largest absolute Gasteiger partial charge is 0.329 e. The Morgan fingerprint density at radius 1 is 1.46 bits per heavy atom. The lowest BCUT2D eigenvalue weighted by Gasteiger charge is -2.21. The van der Waals surface area contributed by atoms with Crippen molar-refractivity contribution in [1.82, 2.24) is 15.2 Å². The Labute approximate surface area is 78.9 Å². The minimum atomic E-state index is -0.0794. The van der Waals surface area contributed by atoms with Gasteiger partial charge in [-0.15, -0.1) is 0 Å².